The Bertz CT molecular complexity index is 874. The Kier molecular flexibility index (Phi) is 35.0. The van der Waals surface area contributed by atoms with Crippen LogP contribution in [-0.4, -0.2) is 64.1 Å². The zero-order valence-electron chi connectivity index (χ0n) is 34.1. The number of likely N-dealkylation sites (N-methyl/N-ethyl adjacent to an activating group) is 1. The Morgan fingerprint density at radius 2 is 1.06 bits per heavy atom. The van der Waals surface area contributed by atoms with Crippen molar-refractivity contribution in [2.24, 2.45) is 0 Å². The smallest absolute Gasteiger partial charge is 0.306 e. The SMILES string of the molecule is CCCC/C=C\CCCCCCCC(=O)O[C@H](CO/C=C\CCCCCCCCCCCCCCCCCC)COP(=O)([O-])OCC[N+](C)(C)C. The fraction of sp³-hybridized carbons (Fsp3) is 0.881. The Labute approximate surface area is 315 Å². The van der Waals surface area contributed by atoms with Gasteiger partial charge in [0.15, 0.2) is 6.10 Å². The average Bonchev–Trinajstić information content (AvgIpc) is 3.08. The van der Waals surface area contributed by atoms with Gasteiger partial charge in [0.05, 0.1) is 34.0 Å². The number of esters is 1. The number of hydrogen-bond acceptors (Lipinski definition) is 7. The van der Waals surface area contributed by atoms with Crippen molar-refractivity contribution in [1.82, 2.24) is 0 Å². The number of ether oxygens (including phenoxy) is 2. The molecule has 0 spiro atoms. The molecule has 0 aliphatic heterocycles. The third kappa shape index (κ3) is 39.9. The highest BCUT2D eigenvalue weighted by molar-refractivity contribution is 7.45. The minimum absolute atomic E-state index is 0.0163. The zero-order chi connectivity index (χ0) is 37.7. The predicted molar refractivity (Wildman–Crippen MR) is 213 cm³/mol. The van der Waals surface area contributed by atoms with Gasteiger partial charge in [-0.3, -0.25) is 9.36 Å². The lowest BCUT2D eigenvalue weighted by atomic mass is 10.0. The summed E-state index contributed by atoms with van der Waals surface area (Å²) in [6.07, 6.45) is 40.0. The highest BCUT2D eigenvalue weighted by atomic mass is 31.2. The van der Waals surface area contributed by atoms with Crippen LogP contribution in [0.25, 0.3) is 0 Å². The summed E-state index contributed by atoms with van der Waals surface area (Å²) < 4.78 is 34.2. The Hall–Kier alpha value is -1.18. The molecule has 1 unspecified atom stereocenters. The van der Waals surface area contributed by atoms with Crippen LogP contribution in [0.5, 0.6) is 0 Å². The van der Waals surface area contributed by atoms with E-state index < -0.39 is 13.9 Å². The van der Waals surface area contributed by atoms with E-state index in [-0.39, 0.29) is 32.2 Å². The van der Waals surface area contributed by atoms with Crippen LogP contribution >= 0.6 is 7.82 Å². The summed E-state index contributed by atoms with van der Waals surface area (Å²) in [6, 6.07) is 0. The fourth-order valence-electron chi connectivity index (χ4n) is 5.73. The maximum Gasteiger partial charge on any atom is 0.306 e. The van der Waals surface area contributed by atoms with Gasteiger partial charge in [-0.15, -0.1) is 0 Å². The Balaban J connectivity index is 4.25. The van der Waals surface area contributed by atoms with Crippen LogP contribution in [0.1, 0.15) is 187 Å². The summed E-state index contributed by atoms with van der Waals surface area (Å²) in [4.78, 5) is 24.9. The number of allylic oxidation sites excluding steroid dienone is 3. The first-order chi connectivity index (χ1) is 24.6. The maximum absolute atomic E-state index is 12.6. The Morgan fingerprint density at radius 3 is 1.57 bits per heavy atom. The number of quaternary nitrogens is 1. The quantitative estimate of drug-likeness (QED) is 0.0154. The fourth-order valence-corrected chi connectivity index (χ4v) is 6.46. The summed E-state index contributed by atoms with van der Waals surface area (Å²) >= 11 is 0. The summed E-state index contributed by atoms with van der Waals surface area (Å²) in [6.45, 7) is 4.70. The van der Waals surface area contributed by atoms with Gasteiger partial charge in [0.1, 0.15) is 19.8 Å². The molecular formula is C42H82NO7P. The van der Waals surface area contributed by atoms with Gasteiger partial charge >= 0.3 is 5.97 Å². The lowest BCUT2D eigenvalue weighted by molar-refractivity contribution is -0.870. The number of phosphoric ester groups is 1. The van der Waals surface area contributed by atoms with Crippen molar-refractivity contribution in [1.29, 1.82) is 0 Å². The van der Waals surface area contributed by atoms with Gasteiger partial charge in [-0.25, -0.2) is 0 Å². The minimum atomic E-state index is -4.53. The average molecular weight is 744 g/mol. The number of phosphoric acid groups is 1. The second kappa shape index (κ2) is 35.8. The lowest BCUT2D eigenvalue weighted by Crippen LogP contribution is -2.37. The number of unbranched alkanes of at least 4 members (excludes halogenated alkanes) is 23. The third-order valence-corrected chi connectivity index (χ3v) is 10.0. The van der Waals surface area contributed by atoms with Crippen LogP contribution < -0.4 is 4.89 Å². The van der Waals surface area contributed by atoms with Gasteiger partial charge in [0.2, 0.25) is 0 Å². The molecule has 0 saturated carbocycles. The highest BCUT2D eigenvalue weighted by Gasteiger charge is 2.20. The van der Waals surface area contributed by atoms with Crippen LogP contribution in [0, 0.1) is 0 Å². The van der Waals surface area contributed by atoms with E-state index in [1.165, 1.54) is 122 Å². The van der Waals surface area contributed by atoms with Gasteiger partial charge in [-0.05, 0) is 44.6 Å². The number of carbonyl (C=O) groups is 1. The molecule has 0 aliphatic carbocycles. The first kappa shape index (κ1) is 49.8. The molecule has 9 heteroatoms. The van der Waals surface area contributed by atoms with Crippen molar-refractivity contribution in [3.63, 3.8) is 0 Å². The van der Waals surface area contributed by atoms with E-state index in [0.717, 1.165) is 44.9 Å². The maximum atomic E-state index is 12.6. The van der Waals surface area contributed by atoms with E-state index >= 15 is 0 Å². The molecule has 51 heavy (non-hydrogen) atoms. The van der Waals surface area contributed by atoms with E-state index in [1.54, 1.807) is 6.26 Å². The standard InChI is InChI=1S/C42H82NO7P/c1-6-8-10-12-14-16-18-19-20-21-22-23-24-26-28-30-32-34-37-47-39-41(40-49-51(45,46)48-38-36-43(3,4)5)50-42(44)35-33-31-29-27-25-17-15-13-11-9-7-2/h13,15,34,37,41H,6-12,14,16-33,35-36,38-40H2,1-5H3/b15-13-,37-34-/t41-/m1/s1. The number of nitrogens with zero attached hydrogens (tertiary/aromatic N) is 1. The second-order valence-electron chi connectivity index (χ2n) is 15.4. The molecule has 0 bridgehead atoms. The van der Waals surface area contributed by atoms with Crippen molar-refractivity contribution in [3.05, 3.63) is 24.5 Å². The van der Waals surface area contributed by atoms with E-state index in [1.807, 2.05) is 27.2 Å². The molecule has 0 aromatic carbocycles. The minimum Gasteiger partial charge on any atom is -0.756 e. The van der Waals surface area contributed by atoms with Crippen LogP contribution in [0.3, 0.4) is 0 Å². The third-order valence-electron chi connectivity index (χ3n) is 9.07. The molecule has 0 radical (unpaired) electrons. The van der Waals surface area contributed by atoms with Crippen molar-refractivity contribution in [2.45, 2.75) is 193 Å². The van der Waals surface area contributed by atoms with E-state index in [9.17, 15) is 14.3 Å². The van der Waals surface area contributed by atoms with Crippen LogP contribution in [-0.2, 0) is 27.9 Å². The van der Waals surface area contributed by atoms with Crippen LogP contribution in [0.15, 0.2) is 24.5 Å². The summed E-state index contributed by atoms with van der Waals surface area (Å²) in [5, 5.41) is 0. The largest absolute Gasteiger partial charge is 0.756 e. The highest BCUT2D eigenvalue weighted by Crippen LogP contribution is 2.38. The van der Waals surface area contributed by atoms with Gasteiger partial charge in [-0.1, -0.05) is 154 Å². The van der Waals surface area contributed by atoms with Gasteiger partial charge in [0, 0.05) is 6.42 Å². The molecule has 0 rings (SSSR count). The van der Waals surface area contributed by atoms with E-state index in [0.29, 0.717) is 11.0 Å². The summed E-state index contributed by atoms with van der Waals surface area (Å²) in [7, 11) is 1.32. The molecule has 0 aromatic heterocycles. The molecule has 8 nitrogen and oxygen atoms in total. The molecular weight excluding hydrogens is 661 g/mol. The van der Waals surface area contributed by atoms with E-state index in [4.69, 9.17) is 18.5 Å². The molecule has 0 fully saturated rings. The van der Waals surface area contributed by atoms with Crippen molar-refractivity contribution in [3.8, 4) is 0 Å². The molecule has 0 N–H and O–H groups in total. The number of hydrogen-bond donors (Lipinski definition) is 0. The van der Waals surface area contributed by atoms with Gasteiger partial charge < -0.3 is 27.9 Å². The topological polar surface area (TPSA) is 94.1 Å². The van der Waals surface area contributed by atoms with E-state index in [2.05, 4.69) is 26.0 Å². The van der Waals surface area contributed by atoms with Gasteiger partial charge in [0.25, 0.3) is 7.82 Å². The zero-order valence-corrected chi connectivity index (χ0v) is 35.0. The number of carbonyl (C=O) groups excluding carboxylic acids is 1. The molecule has 2 atom stereocenters. The first-order valence-corrected chi connectivity index (χ1v) is 22.6. The molecule has 302 valence electrons. The monoisotopic (exact) mass is 744 g/mol. The second-order valence-corrected chi connectivity index (χ2v) is 16.8. The van der Waals surface area contributed by atoms with Crippen LogP contribution in [0.2, 0.25) is 0 Å². The Morgan fingerprint density at radius 1 is 0.608 bits per heavy atom. The van der Waals surface area contributed by atoms with Crippen molar-refractivity contribution in [2.75, 3.05) is 47.5 Å². The lowest BCUT2D eigenvalue weighted by Gasteiger charge is -2.28. The van der Waals surface area contributed by atoms with Gasteiger partial charge in [-0.2, -0.15) is 0 Å². The van der Waals surface area contributed by atoms with Crippen molar-refractivity contribution >= 4 is 13.8 Å². The number of rotatable bonds is 39. The first-order valence-electron chi connectivity index (χ1n) is 21.1. The summed E-state index contributed by atoms with van der Waals surface area (Å²) in [5.74, 6) is -0.366. The van der Waals surface area contributed by atoms with Crippen LogP contribution in [0.4, 0.5) is 0 Å². The molecule has 0 amide bonds. The van der Waals surface area contributed by atoms with Crippen molar-refractivity contribution < 1.29 is 37.3 Å². The molecule has 0 saturated heterocycles. The summed E-state index contributed by atoms with van der Waals surface area (Å²) in [5.41, 5.74) is 0. The molecule has 0 aliphatic rings. The molecule has 0 heterocycles. The predicted octanol–water partition coefficient (Wildman–Crippen LogP) is 11.8. The normalized spacial score (nSPS) is 14.0. The molecule has 0 aromatic rings.